The van der Waals surface area contributed by atoms with E-state index in [0.29, 0.717) is 42.3 Å². The van der Waals surface area contributed by atoms with Crippen molar-refractivity contribution < 1.29 is 23.5 Å². The molecule has 1 aliphatic heterocycles. The topological polar surface area (TPSA) is 94.2 Å². The zero-order valence-electron chi connectivity index (χ0n) is 21.0. The molecule has 0 spiro atoms. The molecule has 1 atom stereocenters. The van der Waals surface area contributed by atoms with Crippen LogP contribution in [-0.4, -0.2) is 60.5 Å². The van der Waals surface area contributed by atoms with Crippen LogP contribution < -0.4 is 15.0 Å². The molecular weight excluding hydrogens is 462 g/mol. The van der Waals surface area contributed by atoms with Crippen LogP contribution in [-0.2, 0) is 24.2 Å². The van der Waals surface area contributed by atoms with Crippen molar-refractivity contribution in [2.45, 2.75) is 32.4 Å². The molecule has 4 rings (SSSR count). The summed E-state index contributed by atoms with van der Waals surface area (Å²) in [5.41, 5.74) is 1.43. The van der Waals surface area contributed by atoms with Crippen molar-refractivity contribution in [2.75, 3.05) is 34.4 Å². The first-order chi connectivity index (χ1) is 17.3. The maximum atomic E-state index is 13.7. The Morgan fingerprint density at radius 2 is 1.81 bits per heavy atom. The van der Waals surface area contributed by atoms with Gasteiger partial charge in [0.25, 0.3) is 11.5 Å². The Morgan fingerprint density at radius 3 is 2.50 bits per heavy atom. The Balaban J connectivity index is 1.61. The molecule has 190 valence electrons. The normalized spacial score (nSPS) is 13.9. The van der Waals surface area contributed by atoms with E-state index in [1.165, 1.54) is 13.2 Å². The molecule has 3 aromatic rings. The largest absolute Gasteiger partial charge is 0.496 e. The fourth-order valence-corrected chi connectivity index (χ4v) is 4.59. The van der Waals surface area contributed by atoms with Gasteiger partial charge >= 0.3 is 0 Å². The average molecular weight is 494 g/mol. The number of nitrogens with zero attached hydrogens (tertiary/aromatic N) is 3. The van der Waals surface area contributed by atoms with Crippen LogP contribution in [0.4, 0.5) is 0 Å². The molecule has 9 heteroatoms. The average Bonchev–Trinajstić information content (AvgIpc) is 3.34. The number of hydrogen-bond acceptors (Lipinski definition) is 6. The van der Waals surface area contributed by atoms with Gasteiger partial charge < -0.3 is 28.3 Å². The lowest BCUT2D eigenvalue weighted by molar-refractivity contribution is -0.130. The van der Waals surface area contributed by atoms with Gasteiger partial charge in [0, 0.05) is 50.4 Å². The minimum absolute atomic E-state index is 0.0660. The van der Waals surface area contributed by atoms with Crippen molar-refractivity contribution in [3.63, 3.8) is 0 Å². The third kappa shape index (κ3) is 4.86. The maximum absolute atomic E-state index is 13.7. The van der Waals surface area contributed by atoms with Crippen LogP contribution in [0.15, 0.2) is 57.9 Å². The molecule has 1 aliphatic rings. The lowest BCUT2D eigenvalue weighted by Crippen LogP contribution is -2.35. The molecule has 0 radical (unpaired) electrons. The number of fused-ring (bicyclic) bond motifs is 1. The first-order valence-electron chi connectivity index (χ1n) is 11.9. The highest BCUT2D eigenvalue weighted by atomic mass is 16.5. The number of amides is 2. The number of carbonyl (C=O) groups is 2. The number of aromatic nitrogens is 1. The van der Waals surface area contributed by atoms with Gasteiger partial charge in [-0.2, -0.15) is 0 Å². The number of carbonyl (C=O) groups excluding carboxylic acids is 2. The minimum Gasteiger partial charge on any atom is -0.496 e. The van der Waals surface area contributed by atoms with E-state index in [4.69, 9.17) is 13.9 Å². The number of ether oxygens (including phenoxy) is 2. The molecular formula is C27H31N3O6. The molecule has 2 aromatic heterocycles. The van der Waals surface area contributed by atoms with E-state index >= 15 is 0 Å². The SMILES string of the molecule is COc1ccccc1CC(=O)N1CCc2c(C(=O)N(C)C(C)c3ccco3)c(OC)cc(=O)n2CC1. The van der Waals surface area contributed by atoms with Gasteiger partial charge in [0.1, 0.15) is 22.8 Å². The van der Waals surface area contributed by atoms with Gasteiger partial charge in [-0.25, -0.2) is 0 Å². The van der Waals surface area contributed by atoms with Crippen molar-refractivity contribution in [3.8, 4) is 11.5 Å². The maximum Gasteiger partial charge on any atom is 0.259 e. The molecule has 9 nitrogen and oxygen atoms in total. The second kappa shape index (κ2) is 10.7. The quantitative estimate of drug-likeness (QED) is 0.502. The van der Waals surface area contributed by atoms with Crippen LogP contribution in [0, 0.1) is 0 Å². The zero-order valence-corrected chi connectivity index (χ0v) is 21.0. The monoisotopic (exact) mass is 493 g/mol. The standard InChI is InChI=1S/C27H31N3O6/c1-18(21-10-7-15-36-21)28(2)27(33)26-20-11-12-29(13-14-30(20)25(32)17-23(26)35-4)24(31)16-19-8-5-6-9-22(19)34-3/h5-10,15,17-18H,11-14,16H2,1-4H3. The summed E-state index contributed by atoms with van der Waals surface area (Å²) in [6.45, 7) is 2.89. The van der Waals surface area contributed by atoms with Crippen LogP contribution in [0.2, 0.25) is 0 Å². The van der Waals surface area contributed by atoms with Crippen LogP contribution in [0.3, 0.4) is 0 Å². The van der Waals surface area contributed by atoms with E-state index in [9.17, 15) is 14.4 Å². The van der Waals surface area contributed by atoms with E-state index in [1.54, 1.807) is 40.9 Å². The van der Waals surface area contributed by atoms with Crippen molar-refractivity contribution >= 4 is 11.8 Å². The molecule has 0 saturated carbocycles. The highest BCUT2D eigenvalue weighted by Gasteiger charge is 2.30. The summed E-state index contributed by atoms with van der Waals surface area (Å²) in [5.74, 6) is 1.18. The van der Waals surface area contributed by atoms with Gasteiger partial charge in [-0.15, -0.1) is 0 Å². The smallest absolute Gasteiger partial charge is 0.259 e. The second-order valence-electron chi connectivity index (χ2n) is 8.75. The van der Waals surface area contributed by atoms with Crippen molar-refractivity contribution in [1.82, 2.24) is 14.4 Å². The van der Waals surface area contributed by atoms with E-state index < -0.39 is 0 Å². The summed E-state index contributed by atoms with van der Waals surface area (Å²) >= 11 is 0. The van der Waals surface area contributed by atoms with Crippen LogP contribution in [0.5, 0.6) is 11.5 Å². The summed E-state index contributed by atoms with van der Waals surface area (Å²) in [5, 5.41) is 0. The third-order valence-corrected chi connectivity index (χ3v) is 6.77. The van der Waals surface area contributed by atoms with Gasteiger partial charge in [0.05, 0.1) is 32.9 Å². The molecule has 2 amide bonds. The Bertz CT molecular complexity index is 1300. The number of hydrogen-bond donors (Lipinski definition) is 0. The lowest BCUT2D eigenvalue weighted by atomic mass is 10.1. The number of methoxy groups -OCH3 is 2. The van der Waals surface area contributed by atoms with Crippen molar-refractivity contribution in [3.05, 3.63) is 81.7 Å². The lowest BCUT2D eigenvalue weighted by Gasteiger charge is -2.26. The van der Waals surface area contributed by atoms with Gasteiger partial charge in [0.15, 0.2) is 0 Å². The van der Waals surface area contributed by atoms with Gasteiger partial charge in [0.2, 0.25) is 5.91 Å². The number of benzene rings is 1. The summed E-state index contributed by atoms with van der Waals surface area (Å²) in [4.78, 5) is 43.1. The molecule has 0 saturated heterocycles. The number of para-hydroxylation sites is 1. The third-order valence-electron chi connectivity index (χ3n) is 6.77. The van der Waals surface area contributed by atoms with E-state index in [-0.39, 0.29) is 42.1 Å². The number of furan rings is 1. The Hall–Kier alpha value is -4.01. The Labute approximate surface area is 209 Å². The fraction of sp³-hybridized carbons (Fsp3) is 0.370. The number of rotatable bonds is 7. The predicted octanol–water partition coefficient (Wildman–Crippen LogP) is 2.92. The summed E-state index contributed by atoms with van der Waals surface area (Å²) in [6.07, 6.45) is 2.09. The Morgan fingerprint density at radius 1 is 1.06 bits per heavy atom. The number of pyridine rings is 1. The van der Waals surface area contributed by atoms with E-state index in [2.05, 4.69) is 0 Å². The van der Waals surface area contributed by atoms with Crippen LogP contribution in [0.25, 0.3) is 0 Å². The molecule has 0 N–H and O–H groups in total. The van der Waals surface area contributed by atoms with Crippen LogP contribution in [0.1, 0.15) is 40.3 Å². The highest BCUT2D eigenvalue weighted by Crippen LogP contribution is 2.28. The van der Waals surface area contributed by atoms with Crippen molar-refractivity contribution in [2.24, 2.45) is 0 Å². The van der Waals surface area contributed by atoms with Gasteiger partial charge in [-0.05, 0) is 25.1 Å². The molecule has 1 aromatic carbocycles. The van der Waals surface area contributed by atoms with Crippen molar-refractivity contribution in [1.29, 1.82) is 0 Å². The molecule has 36 heavy (non-hydrogen) atoms. The van der Waals surface area contributed by atoms with Gasteiger partial charge in [-0.3, -0.25) is 14.4 Å². The second-order valence-corrected chi connectivity index (χ2v) is 8.75. The zero-order chi connectivity index (χ0) is 25.8. The molecule has 1 unspecified atom stereocenters. The predicted molar refractivity (Wildman–Crippen MR) is 133 cm³/mol. The summed E-state index contributed by atoms with van der Waals surface area (Å²) in [7, 11) is 4.71. The molecule has 0 fully saturated rings. The molecule has 3 heterocycles. The summed E-state index contributed by atoms with van der Waals surface area (Å²) < 4.78 is 17.9. The molecule has 0 aliphatic carbocycles. The first-order valence-corrected chi connectivity index (χ1v) is 11.9. The fourth-order valence-electron chi connectivity index (χ4n) is 4.59. The van der Waals surface area contributed by atoms with Gasteiger partial charge in [-0.1, -0.05) is 18.2 Å². The minimum atomic E-state index is -0.325. The highest BCUT2D eigenvalue weighted by molar-refractivity contribution is 5.98. The molecule has 0 bridgehead atoms. The summed E-state index contributed by atoms with van der Waals surface area (Å²) in [6, 6.07) is 12.0. The first kappa shape index (κ1) is 25.1. The van der Waals surface area contributed by atoms with E-state index in [1.807, 2.05) is 37.3 Å². The van der Waals surface area contributed by atoms with Crippen LogP contribution >= 0.6 is 0 Å². The van der Waals surface area contributed by atoms with E-state index in [0.717, 1.165) is 5.56 Å². The Kier molecular flexibility index (Phi) is 7.47.